The molecule has 0 atom stereocenters. The Morgan fingerprint density at radius 1 is 1.17 bits per heavy atom. The molecule has 1 fully saturated rings. The summed E-state index contributed by atoms with van der Waals surface area (Å²) in [6.45, 7) is 7.95. The topological polar surface area (TPSA) is 89.0 Å². The maximum Gasteiger partial charge on any atom is 0.260 e. The number of thiazole rings is 1. The van der Waals surface area contributed by atoms with Crippen molar-refractivity contribution in [3.05, 3.63) is 48.0 Å². The summed E-state index contributed by atoms with van der Waals surface area (Å²) in [5.74, 6) is 0.508. The zero-order valence-electron chi connectivity index (χ0n) is 20.0. The number of sulfone groups is 1. The van der Waals surface area contributed by atoms with Gasteiger partial charge in [-0.25, -0.2) is 13.4 Å². The molecule has 0 saturated carbocycles. The number of amides is 1. The van der Waals surface area contributed by atoms with Crippen molar-refractivity contribution < 1.29 is 22.7 Å². The summed E-state index contributed by atoms with van der Waals surface area (Å²) in [4.78, 5) is 22.3. The van der Waals surface area contributed by atoms with Gasteiger partial charge in [0.2, 0.25) is 0 Å². The largest absolute Gasteiger partial charge is 0.491 e. The highest BCUT2D eigenvalue weighted by Crippen LogP contribution is 2.33. The van der Waals surface area contributed by atoms with Crippen LogP contribution in [0.25, 0.3) is 10.2 Å². The lowest BCUT2D eigenvalue weighted by Crippen LogP contribution is -2.43. The number of carbonyl (C=O) groups excluding carboxylic acids is 1. The summed E-state index contributed by atoms with van der Waals surface area (Å²) >= 11 is 1.32. The minimum absolute atomic E-state index is 0. The molecular formula is C24H30ClN3O5S2. The standard InChI is InChI=1S/C24H29N3O5S2.ClH/c1-17(2)32-19-9-7-18(8-10-19)23(28)27(12-11-26-13-15-31-16-14-26)24-25-22-20(33-24)5-4-6-21(22)34(3,29)30;/h4-10,17H,11-16H2,1-3H3;1H. The van der Waals surface area contributed by atoms with E-state index in [1.807, 2.05) is 19.9 Å². The molecule has 2 heterocycles. The maximum atomic E-state index is 13.6. The highest BCUT2D eigenvalue weighted by molar-refractivity contribution is 7.91. The highest BCUT2D eigenvalue weighted by Gasteiger charge is 2.24. The summed E-state index contributed by atoms with van der Waals surface area (Å²) in [6, 6.07) is 12.1. The van der Waals surface area contributed by atoms with Gasteiger partial charge in [-0.15, -0.1) is 12.4 Å². The minimum Gasteiger partial charge on any atom is -0.491 e. The number of hydrogen-bond acceptors (Lipinski definition) is 8. The van der Waals surface area contributed by atoms with Crippen LogP contribution in [0.15, 0.2) is 47.4 Å². The molecule has 4 rings (SSSR count). The van der Waals surface area contributed by atoms with Gasteiger partial charge >= 0.3 is 0 Å². The van der Waals surface area contributed by atoms with Crippen LogP contribution in [0.3, 0.4) is 0 Å². The highest BCUT2D eigenvalue weighted by atomic mass is 35.5. The Balaban J connectivity index is 0.00000342. The number of rotatable bonds is 8. The van der Waals surface area contributed by atoms with Crippen LogP contribution in [0.2, 0.25) is 0 Å². The minimum atomic E-state index is -3.45. The summed E-state index contributed by atoms with van der Waals surface area (Å²) in [6.07, 6.45) is 1.21. The number of anilines is 1. The average molecular weight is 540 g/mol. The second-order valence-electron chi connectivity index (χ2n) is 8.47. The van der Waals surface area contributed by atoms with Gasteiger partial charge in [-0.1, -0.05) is 17.4 Å². The lowest BCUT2D eigenvalue weighted by Gasteiger charge is -2.29. The number of hydrogen-bond donors (Lipinski definition) is 0. The van der Waals surface area contributed by atoms with E-state index in [1.165, 1.54) is 17.6 Å². The van der Waals surface area contributed by atoms with Gasteiger partial charge in [0.1, 0.15) is 11.3 Å². The fourth-order valence-corrected chi connectivity index (χ4v) is 5.69. The van der Waals surface area contributed by atoms with Crippen LogP contribution in [0.5, 0.6) is 5.75 Å². The zero-order chi connectivity index (χ0) is 24.3. The lowest BCUT2D eigenvalue weighted by atomic mass is 10.2. The van der Waals surface area contributed by atoms with Crippen molar-refractivity contribution >= 4 is 54.8 Å². The van der Waals surface area contributed by atoms with E-state index >= 15 is 0 Å². The molecule has 0 bridgehead atoms. The molecule has 1 amide bonds. The van der Waals surface area contributed by atoms with Gasteiger partial charge in [-0.2, -0.15) is 0 Å². The molecule has 0 unspecified atom stereocenters. The number of halogens is 1. The molecule has 11 heteroatoms. The van der Waals surface area contributed by atoms with Crippen molar-refractivity contribution in [3.8, 4) is 5.75 Å². The molecular weight excluding hydrogens is 510 g/mol. The van der Waals surface area contributed by atoms with Crippen LogP contribution < -0.4 is 9.64 Å². The average Bonchev–Trinajstić information content (AvgIpc) is 3.23. The van der Waals surface area contributed by atoms with Crippen molar-refractivity contribution in [2.45, 2.75) is 24.8 Å². The first-order chi connectivity index (χ1) is 16.2. The van der Waals surface area contributed by atoms with Crippen LogP contribution in [0.1, 0.15) is 24.2 Å². The van der Waals surface area contributed by atoms with Gasteiger partial charge in [0.15, 0.2) is 15.0 Å². The summed E-state index contributed by atoms with van der Waals surface area (Å²) < 4.78 is 36.4. The van der Waals surface area contributed by atoms with Gasteiger partial charge in [0, 0.05) is 38.0 Å². The molecule has 1 saturated heterocycles. The van der Waals surface area contributed by atoms with Crippen molar-refractivity contribution in [2.24, 2.45) is 0 Å². The molecule has 35 heavy (non-hydrogen) atoms. The molecule has 0 spiro atoms. The Morgan fingerprint density at radius 3 is 2.49 bits per heavy atom. The summed E-state index contributed by atoms with van der Waals surface area (Å²) in [5, 5.41) is 0.479. The predicted molar refractivity (Wildman–Crippen MR) is 141 cm³/mol. The fraction of sp³-hybridized carbons (Fsp3) is 0.417. The van der Waals surface area contributed by atoms with Gasteiger partial charge < -0.3 is 9.47 Å². The first kappa shape index (κ1) is 27.3. The molecule has 0 radical (unpaired) electrons. The van der Waals surface area contributed by atoms with E-state index in [4.69, 9.17) is 9.47 Å². The van der Waals surface area contributed by atoms with Crippen LogP contribution in [0.4, 0.5) is 5.13 Å². The lowest BCUT2D eigenvalue weighted by molar-refractivity contribution is 0.0391. The van der Waals surface area contributed by atoms with E-state index in [0.29, 0.717) is 48.3 Å². The molecule has 0 N–H and O–H groups in total. The molecule has 1 aromatic heterocycles. The predicted octanol–water partition coefficient (Wildman–Crippen LogP) is 3.89. The fourth-order valence-electron chi connectivity index (χ4n) is 3.78. The number of carbonyl (C=O) groups is 1. The molecule has 1 aliphatic heterocycles. The van der Waals surface area contributed by atoms with E-state index < -0.39 is 9.84 Å². The van der Waals surface area contributed by atoms with E-state index in [0.717, 1.165) is 17.8 Å². The normalized spacial score (nSPS) is 14.6. The van der Waals surface area contributed by atoms with Crippen molar-refractivity contribution in [1.82, 2.24) is 9.88 Å². The quantitative estimate of drug-likeness (QED) is 0.429. The maximum absolute atomic E-state index is 13.6. The third-order valence-corrected chi connectivity index (χ3v) is 7.63. The SMILES string of the molecule is CC(C)Oc1ccc(C(=O)N(CCN2CCOCC2)c2nc3c(S(C)(=O)=O)cccc3s2)cc1.Cl. The van der Waals surface area contributed by atoms with Crippen LogP contribution in [0, 0.1) is 0 Å². The second-order valence-corrected chi connectivity index (χ2v) is 11.5. The van der Waals surface area contributed by atoms with E-state index in [-0.39, 0.29) is 29.3 Å². The molecule has 8 nitrogen and oxygen atoms in total. The Labute approximate surface area is 216 Å². The zero-order valence-corrected chi connectivity index (χ0v) is 22.4. The van der Waals surface area contributed by atoms with E-state index in [9.17, 15) is 13.2 Å². The first-order valence-electron chi connectivity index (χ1n) is 11.2. The number of fused-ring (bicyclic) bond motifs is 1. The molecule has 2 aromatic carbocycles. The number of ether oxygens (including phenoxy) is 2. The molecule has 3 aromatic rings. The Morgan fingerprint density at radius 2 is 1.86 bits per heavy atom. The van der Waals surface area contributed by atoms with Crippen LogP contribution in [-0.4, -0.2) is 76.0 Å². The second kappa shape index (κ2) is 11.7. The smallest absolute Gasteiger partial charge is 0.260 e. The Kier molecular flexibility index (Phi) is 9.11. The van der Waals surface area contributed by atoms with Crippen LogP contribution in [-0.2, 0) is 14.6 Å². The van der Waals surface area contributed by atoms with Gasteiger partial charge in [-0.05, 0) is 50.2 Å². The Bertz CT molecular complexity index is 1260. The monoisotopic (exact) mass is 539 g/mol. The Hall–Kier alpha value is -2.24. The molecule has 190 valence electrons. The summed E-state index contributed by atoms with van der Waals surface area (Å²) in [7, 11) is -3.45. The van der Waals surface area contributed by atoms with Crippen LogP contribution >= 0.6 is 23.7 Å². The number of nitrogens with zero attached hydrogens (tertiary/aromatic N) is 3. The van der Waals surface area contributed by atoms with Crippen molar-refractivity contribution in [3.63, 3.8) is 0 Å². The van der Waals surface area contributed by atoms with Crippen molar-refractivity contribution in [1.29, 1.82) is 0 Å². The van der Waals surface area contributed by atoms with Gasteiger partial charge in [0.25, 0.3) is 5.91 Å². The van der Waals surface area contributed by atoms with E-state index in [1.54, 1.807) is 41.3 Å². The number of para-hydroxylation sites is 1. The number of aromatic nitrogens is 1. The first-order valence-corrected chi connectivity index (χ1v) is 13.9. The molecule has 0 aliphatic carbocycles. The number of benzene rings is 2. The summed E-state index contributed by atoms with van der Waals surface area (Å²) in [5.41, 5.74) is 0.913. The van der Waals surface area contributed by atoms with E-state index in [2.05, 4.69) is 9.88 Å². The number of morpholine rings is 1. The van der Waals surface area contributed by atoms with Crippen molar-refractivity contribution in [2.75, 3.05) is 50.5 Å². The molecule has 1 aliphatic rings. The third-order valence-electron chi connectivity index (χ3n) is 5.46. The third kappa shape index (κ3) is 6.71. The van der Waals surface area contributed by atoms with Gasteiger partial charge in [0.05, 0.1) is 28.9 Å². The van der Waals surface area contributed by atoms with Gasteiger partial charge in [-0.3, -0.25) is 14.6 Å².